The van der Waals surface area contributed by atoms with E-state index in [1.54, 1.807) is 10.7 Å². The Kier molecular flexibility index (Phi) is 4.60. The van der Waals surface area contributed by atoms with Gasteiger partial charge in [-0.2, -0.15) is 5.10 Å². The minimum atomic E-state index is -0.537. The van der Waals surface area contributed by atoms with Gasteiger partial charge in [0.15, 0.2) is 0 Å². The Morgan fingerprint density at radius 1 is 1.20 bits per heavy atom. The zero-order valence-corrected chi connectivity index (χ0v) is 13.6. The Hall–Kier alpha value is -3.42. The first-order chi connectivity index (χ1) is 12.0. The Bertz CT molecular complexity index is 1000. The molecule has 25 heavy (non-hydrogen) atoms. The van der Waals surface area contributed by atoms with Crippen LogP contribution in [0.1, 0.15) is 12.1 Å². The van der Waals surface area contributed by atoms with Gasteiger partial charge in [-0.25, -0.2) is 9.48 Å². The number of nitrogens with zero attached hydrogens (tertiary/aromatic N) is 3. The molecule has 128 valence electrons. The van der Waals surface area contributed by atoms with Crippen LogP contribution in [-0.4, -0.2) is 25.2 Å². The van der Waals surface area contributed by atoms with E-state index in [1.165, 1.54) is 16.8 Å². The van der Waals surface area contributed by atoms with Gasteiger partial charge in [-0.3, -0.25) is 14.6 Å². The first-order valence-corrected chi connectivity index (χ1v) is 7.74. The minimum Gasteiger partial charge on any atom is -0.311 e. The first-order valence-electron chi connectivity index (χ1n) is 7.74. The Labute approximate surface area is 142 Å². The van der Waals surface area contributed by atoms with Crippen molar-refractivity contribution in [2.75, 3.05) is 5.32 Å². The van der Waals surface area contributed by atoms with Crippen LogP contribution in [0.15, 0.2) is 58.3 Å². The van der Waals surface area contributed by atoms with Crippen molar-refractivity contribution in [1.82, 2.24) is 19.3 Å². The van der Waals surface area contributed by atoms with Crippen LogP contribution in [0.2, 0.25) is 0 Å². The quantitative estimate of drug-likeness (QED) is 0.725. The molecule has 0 radical (unpaired) electrons. The van der Waals surface area contributed by atoms with Gasteiger partial charge in [0.05, 0.1) is 11.4 Å². The molecule has 0 aliphatic carbocycles. The molecule has 3 aromatic rings. The predicted octanol–water partition coefficient (Wildman–Crippen LogP) is 1.06. The molecule has 3 rings (SSSR count). The molecule has 1 aromatic carbocycles. The molecule has 0 fully saturated rings. The number of rotatable bonds is 5. The number of carbonyl (C=O) groups excluding carboxylic acids is 1. The fourth-order valence-corrected chi connectivity index (χ4v) is 2.40. The van der Waals surface area contributed by atoms with Crippen LogP contribution in [-0.2, 0) is 11.3 Å². The molecule has 8 heteroatoms. The fourth-order valence-electron chi connectivity index (χ4n) is 2.40. The average Bonchev–Trinajstić information content (AvgIpc) is 2.95. The first kappa shape index (κ1) is 16.4. The second-order valence-electron chi connectivity index (χ2n) is 5.52. The summed E-state index contributed by atoms with van der Waals surface area (Å²) in [5.74, 6) is 0.303. The number of anilines is 1. The summed E-state index contributed by atoms with van der Waals surface area (Å²) in [5, 5.41) is 7.19. The van der Waals surface area contributed by atoms with Crippen LogP contribution in [0.25, 0.3) is 5.69 Å². The maximum absolute atomic E-state index is 12.2. The average molecular weight is 339 g/mol. The molecule has 2 N–H and O–H groups in total. The lowest BCUT2D eigenvalue weighted by atomic mass is 10.3. The highest BCUT2D eigenvalue weighted by Gasteiger charge is 2.11. The maximum Gasteiger partial charge on any atom is 0.328 e. The van der Waals surface area contributed by atoms with Crippen LogP contribution in [0.4, 0.5) is 5.82 Å². The summed E-state index contributed by atoms with van der Waals surface area (Å²) in [7, 11) is 0. The summed E-state index contributed by atoms with van der Waals surface area (Å²) in [6, 6.07) is 12.5. The molecule has 0 aliphatic rings. The van der Waals surface area contributed by atoms with Gasteiger partial charge in [-0.15, -0.1) is 0 Å². The monoisotopic (exact) mass is 339 g/mol. The summed E-state index contributed by atoms with van der Waals surface area (Å²) in [6.45, 7) is 2.01. The Morgan fingerprint density at radius 3 is 2.68 bits per heavy atom. The number of hydrogen-bond acceptors (Lipinski definition) is 4. The third-order valence-corrected chi connectivity index (χ3v) is 3.58. The Morgan fingerprint density at radius 2 is 1.96 bits per heavy atom. The second kappa shape index (κ2) is 7.00. The van der Waals surface area contributed by atoms with E-state index in [-0.39, 0.29) is 18.9 Å². The molecular weight excluding hydrogens is 322 g/mol. The largest absolute Gasteiger partial charge is 0.328 e. The molecular formula is C17H17N5O3. The fraction of sp³-hybridized carbons (Fsp3) is 0.176. The number of carbonyl (C=O) groups is 1. The highest BCUT2D eigenvalue weighted by Crippen LogP contribution is 2.17. The third kappa shape index (κ3) is 3.92. The van der Waals surface area contributed by atoms with Crippen molar-refractivity contribution >= 4 is 11.7 Å². The third-order valence-electron chi connectivity index (χ3n) is 3.58. The van der Waals surface area contributed by atoms with E-state index >= 15 is 0 Å². The van der Waals surface area contributed by atoms with Crippen LogP contribution < -0.4 is 16.6 Å². The van der Waals surface area contributed by atoms with Crippen molar-refractivity contribution in [3.8, 4) is 5.69 Å². The highest BCUT2D eigenvalue weighted by molar-refractivity contribution is 5.90. The highest BCUT2D eigenvalue weighted by atomic mass is 16.2. The van der Waals surface area contributed by atoms with Gasteiger partial charge >= 0.3 is 5.69 Å². The van der Waals surface area contributed by atoms with E-state index in [0.29, 0.717) is 5.82 Å². The van der Waals surface area contributed by atoms with Crippen molar-refractivity contribution in [3.63, 3.8) is 0 Å². The van der Waals surface area contributed by atoms with Crippen molar-refractivity contribution in [2.45, 2.75) is 19.9 Å². The number of benzene rings is 1. The maximum atomic E-state index is 12.2. The van der Waals surface area contributed by atoms with E-state index in [2.05, 4.69) is 15.4 Å². The summed E-state index contributed by atoms with van der Waals surface area (Å²) >= 11 is 0. The van der Waals surface area contributed by atoms with E-state index < -0.39 is 11.2 Å². The lowest BCUT2D eigenvalue weighted by Gasteiger charge is -2.09. The van der Waals surface area contributed by atoms with Gasteiger partial charge in [0.1, 0.15) is 5.82 Å². The van der Waals surface area contributed by atoms with Crippen molar-refractivity contribution < 1.29 is 4.79 Å². The second-order valence-corrected chi connectivity index (χ2v) is 5.52. The van der Waals surface area contributed by atoms with Gasteiger partial charge < -0.3 is 9.88 Å². The zero-order valence-electron chi connectivity index (χ0n) is 13.6. The van der Waals surface area contributed by atoms with Gasteiger partial charge in [0.2, 0.25) is 5.91 Å². The van der Waals surface area contributed by atoms with E-state index in [0.717, 1.165) is 11.4 Å². The number of aromatic nitrogens is 4. The summed E-state index contributed by atoms with van der Waals surface area (Å²) in [4.78, 5) is 37.0. The standard InChI is InChI=1S/C17H17N5O3/c1-12-11-14(22(20-12)13-5-3-2-4-6-13)18-15(23)7-9-21-10-8-16(24)19-17(21)25/h2-6,8,10-11H,7,9H2,1H3,(H,18,23)(H,19,24,25). The summed E-state index contributed by atoms with van der Waals surface area (Å²) in [5.41, 5.74) is 0.608. The van der Waals surface area contributed by atoms with E-state index in [9.17, 15) is 14.4 Å². The van der Waals surface area contributed by atoms with Gasteiger partial charge in [0, 0.05) is 31.3 Å². The predicted molar refractivity (Wildman–Crippen MR) is 92.9 cm³/mol. The molecule has 0 spiro atoms. The topological polar surface area (TPSA) is 102 Å². The van der Waals surface area contributed by atoms with Gasteiger partial charge in [-0.05, 0) is 19.1 Å². The lowest BCUT2D eigenvalue weighted by Crippen LogP contribution is -2.29. The summed E-state index contributed by atoms with van der Waals surface area (Å²) < 4.78 is 2.93. The molecule has 2 aromatic heterocycles. The normalized spacial score (nSPS) is 10.6. The van der Waals surface area contributed by atoms with Crippen molar-refractivity contribution in [3.05, 3.63) is 75.2 Å². The summed E-state index contributed by atoms with van der Waals surface area (Å²) in [6.07, 6.45) is 1.46. The SMILES string of the molecule is Cc1cc(NC(=O)CCn2ccc(=O)[nH]c2=O)n(-c2ccccc2)n1. The minimum absolute atomic E-state index is 0.0883. The van der Waals surface area contributed by atoms with Crippen molar-refractivity contribution in [1.29, 1.82) is 0 Å². The number of nitrogens with one attached hydrogen (secondary N) is 2. The van der Waals surface area contributed by atoms with Crippen LogP contribution >= 0.6 is 0 Å². The molecule has 1 amide bonds. The number of aryl methyl sites for hydroxylation is 2. The van der Waals surface area contributed by atoms with Crippen LogP contribution in [0, 0.1) is 6.92 Å². The zero-order chi connectivity index (χ0) is 17.8. The molecule has 0 saturated carbocycles. The Balaban J connectivity index is 1.71. The van der Waals surface area contributed by atoms with Gasteiger partial charge in [-0.1, -0.05) is 18.2 Å². The van der Waals surface area contributed by atoms with E-state index in [1.807, 2.05) is 37.3 Å². The van der Waals surface area contributed by atoms with Crippen LogP contribution in [0.5, 0.6) is 0 Å². The smallest absolute Gasteiger partial charge is 0.311 e. The van der Waals surface area contributed by atoms with Crippen molar-refractivity contribution in [2.24, 2.45) is 0 Å². The molecule has 0 unspecified atom stereocenters. The molecule has 0 aliphatic heterocycles. The lowest BCUT2D eigenvalue weighted by molar-refractivity contribution is -0.116. The number of hydrogen-bond donors (Lipinski definition) is 2. The molecule has 8 nitrogen and oxygen atoms in total. The van der Waals surface area contributed by atoms with Gasteiger partial charge in [0.25, 0.3) is 5.56 Å². The number of amides is 1. The number of H-pyrrole nitrogens is 1. The number of para-hydroxylation sites is 1. The molecule has 2 heterocycles. The molecule has 0 atom stereocenters. The molecule has 0 saturated heterocycles. The number of aromatic amines is 1. The molecule has 0 bridgehead atoms. The van der Waals surface area contributed by atoms with E-state index in [4.69, 9.17) is 0 Å². The van der Waals surface area contributed by atoms with Crippen LogP contribution in [0.3, 0.4) is 0 Å².